The lowest BCUT2D eigenvalue weighted by Gasteiger charge is -2.09. The normalized spacial score (nSPS) is 10.8. The minimum Gasteiger partial charge on any atom is -0.367 e. The molecule has 96 valence electrons. The summed E-state index contributed by atoms with van der Waals surface area (Å²) in [4.78, 5) is 4.17. The van der Waals surface area contributed by atoms with Crippen LogP contribution >= 0.6 is 0 Å². The van der Waals surface area contributed by atoms with Gasteiger partial charge in [0, 0.05) is 18.9 Å². The zero-order valence-electron chi connectivity index (χ0n) is 9.98. The molecule has 0 bridgehead atoms. The molecule has 0 unspecified atom stereocenters. The molecular weight excluding hydrogens is 248 g/mol. The quantitative estimate of drug-likeness (QED) is 0.782. The van der Waals surface area contributed by atoms with E-state index in [9.17, 15) is 8.78 Å². The van der Waals surface area contributed by atoms with Crippen molar-refractivity contribution in [2.24, 2.45) is 0 Å². The Hall–Kier alpha value is -2.43. The van der Waals surface area contributed by atoms with Gasteiger partial charge in [-0.15, -0.1) is 0 Å². The second-order valence-corrected chi connectivity index (χ2v) is 4.17. The number of anilines is 1. The molecule has 0 atom stereocenters. The van der Waals surface area contributed by atoms with Crippen molar-refractivity contribution in [2.75, 3.05) is 5.32 Å². The maximum absolute atomic E-state index is 13.1. The molecule has 0 aliphatic carbocycles. The van der Waals surface area contributed by atoms with E-state index in [1.165, 1.54) is 6.07 Å². The summed E-state index contributed by atoms with van der Waals surface area (Å²) in [5, 5.41) is 3.17. The number of nitrogens with zero attached hydrogens (tertiary/aromatic N) is 2. The van der Waals surface area contributed by atoms with Crippen LogP contribution < -0.4 is 5.32 Å². The molecule has 0 amide bonds. The van der Waals surface area contributed by atoms with Crippen molar-refractivity contribution in [3.63, 3.8) is 0 Å². The minimum atomic E-state index is -0.833. The SMILES string of the molecule is Fc1ccc(CNc2cccc3nccn23)cc1F. The van der Waals surface area contributed by atoms with Gasteiger partial charge in [0.1, 0.15) is 11.5 Å². The molecule has 0 spiro atoms. The molecule has 3 aromatic rings. The number of imidazole rings is 1. The van der Waals surface area contributed by atoms with Gasteiger partial charge in [0.25, 0.3) is 0 Å². The van der Waals surface area contributed by atoms with Crippen LogP contribution in [0.3, 0.4) is 0 Å². The van der Waals surface area contributed by atoms with Crippen LogP contribution in [0.25, 0.3) is 5.65 Å². The number of nitrogens with one attached hydrogen (secondary N) is 1. The second kappa shape index (κ2) is 4.68. The average Bonchev–Trinajstić information content (AvgIpc) is 2.89. The zero-order chi connectivity index (χ0) is 13.2. The van der Waals surface area contributed by atoms with Crippen molar-refractivity contribution in [2.45, 2.75) is 6.54 Å². The van der Waals surface area contributed by atoms with Crippen LogP contribution in [0.2, 0.25) is 0 Å². The fourth-order valence-electron chi connectivity index (χ4n) is 1.93. The molecule has 1 N–H and O–H groups in total. The Balaban J connectivity index is 1.82. The smallest absolute Gasteiger partial charge is 0.159 e. The first kappa shape index (κ1) is 11.6. The maximum Gasteiger partial charge on any atom is 0.159 e. The van der Waals surface area contributed by atoms with Gasteiger partial charge in [-0.05, 0) is 29.8 Å². The summed E-state index contributed by atoms with van der Waals surface area (Å²) in [6, 6.07) is 9.55. The molecule has 3 nitrogen and oxygen atoms in total. The van der Waals surface area contributed by atoms with Crippen LogP contribution in [-0.4, -0.2) is 9.38 Å². The number of rotatable bonds is 3. The number of fused-ring (bicyclic) bond motifs is 1. The monoisotopic (exact) mass is 259 g/mol. The first-order chi connectivity index (χ1) is 9.24. The van der Waals surface area contributed by atoms with Gasteiger partial charge in [-0.3, -0.25) is 4.40 Å². The number of hydrogen-bond acceptors (Lipinski definition) is 2. The Kier molecular flexibility index (Phi) is 2.87. The summed E-state index contributed by atoms with van der Waals surface area (Å²) in [5.74, 6) is -0.819. The Morgan fingerprint density at radius 2 is 2.00 bits per heavy atom. The Morgan fingerprint density at radius 1 is 1.11 bits per heavy atom. The minimum absolute atomic E-state index is 0.411. The largest absolute Gasteiger partial charge is 0.367 e. The lowest BCUT2D eigenvalue weighted by atomic mass is 10.2. The van der Waals surface area contributed by atoms with Gasteiger partial charge in [-0.1, -0.05) is 12.1 Å². The van der Waals surface area contributed by atoms with Gasteiger partial charge in [-0.25, -0.2) is 13.8 Å². The van der Waals surface area contributed by atoms with E-state index in [4.69, 9.17) is 0 Å². The highest BCUT2D eigenvalue weighted by molar-refractivity contribution is 5.50. The number of aromatic nitrogens is 2. The lowest BCUT2D eigenvalue weighted by molar-refractivity contribution is 0.507. The molecule has 0 aliphatic rings. The molecule has 5 heteroatoms. The fourth-order valence-corrected chi connectivity index (χ4v) is 1.93. The molecule has 19 heavy (non-hydrogen) atoms. The van der Waals surface area contributed by atoms with Gasteiger partial charge in [0.05, 0.1) is 0 Å². The van der Waals surface area contributed by atoms with Crippen LogP contribution in [0, 0.1) is 11.6 Å². The topological polar surface area (TPSA) is 29.3 Å². The average molecular weight is 259 g/mol. The molecule has 0 fully saturated rings. The van der Waals surface area contributed by atoms with Crippen molar-refractivity contribution < 1.29 is 8.78 Å². The zero-order valence-corrected chi connectivity index (χ0v) is 9.98. The van der Waals surface area contributed by atoms with Gasteiger partial charge < -0.3 is 5.32 Å². The summed E-state index contributed by atoms with van der Waals surface area (Å²) < 4.78 is 27.8. The molecule has 0 radical (unpaired) electrons. The first-order valence-corrected chi connectivity index (χ1v) is 5.84. The highest BCUT2D eigenvalue weighted by Gasteiger charge is 2.04. The van der Waals surface area contributed by atoms with Gasteiger partial charge in [-0.2, -0.15) is 0 Å². The number of halogens is 2. The molecule has 0 saturated heterocycles. The summed E-state index contributed by atoms with van der Waals surface area (Å²) in [6.07, 6.45) is 3.54. The van der Waals surface area contributed by atoms with Gasteiger partial charge in [0.2, 0.25) is 0 Å². The van der Waals surface area contributed by atoms with E-state index in [0.29, 0.717) is 12.1 Å². The summed E-state index contributed by atoms with van der Waals surface area (Å²) >= 11 is 0. The predicted octanol–water partition coefficient (Wildman–Crippen LogP) is 3.22. The van der Waals surface area contributed by atoms with Crippen molar-refractivity contribution in [1.82, 2.24) is 9.38 Å². The Bertz CT molecular complexity index is 722. The van der Waals surface area contributed by atoms with E-state index in [1.807, 2.05) is 28.8 Å². The van der Waals surface area contributed by atoms with Crippen LogP contribution in [0.1, 0.15) is 5.56 Å². The second-order valence-electron chi connectivity index (χ2n) is 4.17. The standard InChI is InChI=1S/C14H11F2N3/c15-11-5-4-10(8-12(11)16)9-18-14-3-1-2-13-17-6-7-19(13)14/h1-8,18H,9H2. The summed E-state index contributed by atoms with van der Waals surface area (Å²) in [5.41, 5.74) is 1.51. The van der Waals surface area contributed by atoms with E-state index in [-0.39, 0.29) is 0 Å². The number of pyridine rings is 1. The van der Waals surface area contributed by atoms with Gasteiger partial charge in [0.15, 0.2) is 11.6 Å². The molecular formula is C14H11F2N3. The van der Waals surface area contributed by atoms with Crippen molar-refractivity contribution in [3.05, 3.63) is 66.0 Å². The molecule has 3 rings (SSSR count). The van der Waals surface area contributed by atoms with E-state index in [2.05, 4.69) is 10.3 Å². The fraction of sp³-hybridized carbons (Fsp3) is 0.0714. The molecule has 2 aromatic heterocycles. The predicted molar refractivity (Wildman–Crippen MR) is 68.9 cm³/mol. The van der Waals surface area contributed by atoms with Gasteiger partial charge >= 0.3 is 0 Å². The van der Waals surface area contributed by atoms with E-state index >= 15 is 0 Å². The maximum atomic E-state index is 13.1. The number of hydrogen-bond donors (Lipinski definition) is 1. The highest BCUT2D eigenvalue weighted by Crippen LogP contribution is 2.14. The molecule has 0 aliphatic heterocycles. The number of benzene rings is 1. The summed E-state index contributed by atoms with van der Waals surface area (Å²) in [7, 11) is 0. The highest BCUT2D eigenvalue weighted by atomic mass is 19.2. The van der Waals surface area contributed by atoms with E-state index in [0.717, 1.165) is 17.5 Å². The van der Waals surface area contributed by atoms with Crippen molar-refractivity contribution >= 4 is 11.5 Å². The lowest BCUT2D eigenvalue weighted by Crippen LogP contribution is -2.04. The Morgan fingerprint density at radius 3 is 2.84 bits per heavy atom. The molecule has 0 saturated carbocycles. The molecule has 1 aromatic carbocycles. The van der Waals surface area contributed by atoms with Crippen LogP contribution in [0.15, 0.2) is 48.8 Å². The van der Waals surface area contributed by atoms with Crippen LogP contribution in [0.4, 0.5) is 14.6 Å². The third-order valence-electron chi connectivity index (χ3n) is 2.89. The van der Waals surface area contributed by atoms with Crippen LogP contribution in [-0.2, 0) is 6.54 Å². The van der Waals surface area contributed by atoms with Crippen LogP contribution in [0.5, 0.6) is 0 Å². The third kappa shape index (κ3) is 2.27. The van der Waals surface area contributed by atoms with Crippen molar-refractivity contribution in [3.8, 4) is 0 Å². The summed E-state index contributed by atoms with van der Waals surface area (Å²) in [6.45, 7) is 0.411. The van der Waals surface area contributed by atoms with Crippen molar-refractivity contribution in [1.29, 1.82) is 0 Å². The van der Waals surface area contributed by atoms with E-state index < -0.39 is 11.6 Å². The first-order valence-electron chi connectivity index (χ1n) is 5.84. The van der Waals surface area contributed by atoms with E-state index in [1.54, 1.807) is 12.3 Å². The Labute approximate surface area is 108 Å². The third-order valence-corrected chi connectivity index (χ3v) is 2.89. The molecule has 2 heterocycles.